The fourth-order valence-electron chi connectivity index (χ4n) is 1.63. The van der Waals surface area contributed by atoms with Gasteiger partial charge in [0.1, 0.15) is 0 Å². The molecule has 0 aliphatic carbocycles. The molecule has 0 bridgehead atoms. The molecule has 0 heterocycles. The van der Waals surface area contributed by atoms with Crippen LogP contribution >= 0.6 is 23.4 Å². The van der Waals surface area contributed by atoms with E-state index < -0.39 is 0 Å². The van der Waals surface area contributed by atoms with Gasteiger partial charge in [-0.3, -0.25) is 0 Å². The molecule has 1 rings (SSSR count). The Hall–Kier alpha value is -0.180. The van der Waals surface area contributed by atoms with Crippen molar-refractivity contribution in [2.45, 2.75) is 19.8 Å². The average Bonchev–Trinajstić information content (AvgIpc) is 2.30. The van der Waals surface area contributed by atoms with Crippen molar-refractivity contribution < 1.29 is 5.11 Å². The maximum atomic E-state index is 9.33. The van der Waals surface area contributed by atoms with Gasteiger partial charge in [-0.25, -0.2) is 0 Å². The summed E-state index contributed by atoms with van der Waals surface area (Å²) in [4.78, 5) is 0. The van der Waals surface area contributed by atoms with E-state index in [1.54, 1.807) is 0 Å². The highest BCUT2D eigenvalue weighted by atomic mass is 35.5. The summed E-state index contributed by atoms with van der Waals surface area (Å²) in [6.07, 6.45) is 1.93. The summed E-state index contributed by atoms with van der Waals surface area (Å²) in [5, 5.41) is 10.1. The van der Waals surface area contributed by atoms with Crippen LogP contribution in [0.2, 0.25) is 5.02 Å². The molecule has 0 saturated heterocycles. The lowest BCUT2D eigenvalue weighted by atomic mass is 9.98. The van der Waals surface area contributed by atoms with E-state index in [1.165, 1.54) is 0 Å². The number of aliphatic hydroxyl groups is 1. The van der Waals surface area contributed by atoms with E-state index in [-0.39, 0.29) is 6.61 Å². The largest absolute Gasteiger partial charge is 0.396 e. The number of benzene rings is 1. The van der Waals surface area contributed by atoms with Crippen LogP contribution in [-0.4, -0.2) is 23.2 Å². The Morgan fingerprint density at radius 3 is 2.75 bits per heavy atom. The van der Waals surface area contributed by atoms with E-state index >= 15 is 0 Å². The van der Waals surface area contributed by atoms with Gasteiger partial charge in [-0.05, 0) is 41.9 Å². The zero-order chi connectivity index (χ0) is 11.8. The lowest BCUT2D eigenvalue weighted by molar-refractivity contribution is 0.223. The highest BCUT2D eigenvalue weighted by Crippen LogP contribution is 2.21. The Balaban J connectivity index is 2.46. The lowest BCUT2D eigenvalue weighted by Gasteiger charge is -2.14. The first-order valence-corrected chi connectivity index (χ1v) is 7.23. The van der Waals surface area contributed by atoms with Crippen LogP contribution < -0.4 is 0 Å². The average molecular weight is 259 g/mol. The minimum atomic E-state index is 0.246. The highest BCUT2D eigenvalue weighted by Gasteiger charge is 2.10. The van der Waals surface area contributed by atoms with Crippen LogP contribution in [0.5, 0.6) is 0 Å². The van der Waals surface area contributed by atoms with Gasteiger partial charge in [0.15, 0.2) is 0 Å². The third-order valence-corrected chi connectivity index (χ3v) is 3.90. The van der Waals surface area contributed by atoms with E-state index in [2.05, 4.69) is 6.92 Å². The molecule has 0 aliphatic heterocycles. The molecule has 0 aliphatic rings. The fourth-order valence-corrected chi connectivity index (χ4v) is 2.63. The Bertz CT molecular complexity index is 304. The third kappa shape index (κ3) is 4.77. The molecule has 0 aromatic heterocycles. The minimum Gasteiger partial charge on any atom is -0.396 e. The molecule has 0 radical (unpaired) electrons. The van der Waals surface area contributed by atoms with Crippen molar-refractivity contribution in [3.63, 3.8) is 0 Å². The Kier molecular flexibility index (Phi) is 6.93. The molecule has 0 saturated carbocycles. The minimum absolute atomic E-state index is 0.246. The van der Waals surface area contributed by atoms with Crippen LogP contribution in [0, 0.1) is 5.92 Å². The van der Waals surface area contributed by atoms with E-state index in [0.717, 1.165) is 34.9 Å². The van der Waals surface area contributed by atoms with Crippen molar-refractivity contribution in [3.8, 4) is 0 Å². The standard InChI is InChI=1S/C13H19ClOS/c1-2-16-8-7-11(10-15)9-12-5-3-4-6-13(12)14/h3-6,11,15H,2,7-10H2,1H3. The molecule has 1 atom stereocenters. The maximum absolute atomic E-state index is 9.33. The first kappa shape index (κ1) is 13.9. The molecule has 1 unspecified atom stereocenters. The number of rotatable bonds is 7. The molecule has 1 aromatic carbocycles. The SMILES string of the molecule is CCSCCC(CO)Cc1ccccc1Cl. The normalized spacial score (nSPS) is 12.7. The summed E-state index contributed by atoms with van der Waals surface area (Å²) in [7, 11) is 0. The van der Waals surface area contributed by atoms with E-state index in [4.69, 9.17) is 11.6 Å². The predicted molar refractivity (Wildman–Crippen MR) is 73.3 cm³/mol. The summed E-state index contributed by atoms with van der Waals surface area (Å²) in [6, 6.07) is 7.88. The van der Waals surface area contributed by atoms with Gasteiger partial charge in [-0.15, -0.1) is 0 Å². The predicted octanol–water partition coefficient (Wildman–Crippen LogP) is 3.63. The molecular formula is C13H19ClOS. The number of hydrogen-bond acceptors (Lipinski definition) is 2. The second-order valence-electron chi connectivity index (χ2n) is 3.83. The van der Waals surface area contributed by atoms with Crippen LogP contribution in [0.3, 0.4) is 0 Å². The molecule has 0 spiro atoms. The van der Waals surface area contributed by atoms with Gasteiger partial charge in [0.2, 0.25) is 0 Å². The van der Waals surface area contributed by atoms with Crippen molar-refractivity contribution in [2.75, 3.05) is 18.1 Å². The summed E-state index contributed by atoms with van der Waals surface area (Å²) in [5.41, 5.74) is 1.14. The number of thioether (sulfide) groups is 1. The summed E-state index contributed by atoms with van der Waals surface area (Å²) in [6.45, 7) is 2.40. The summed E-state index contributed by atoms with van der Waals surface area (Å²) >= 11 is 8.02. The van der Waals surface area contributed by atoms with Crippen molar-refractivity contribution in [3.05, 3.63) is 34.9 Å². The zero-order valence-electron chi connectivity index (χ0n) is 9.66. The number of aliphatic hydroxyl groups excluding tert-OH is 1. The van der Waals surface area contributed by atoms with Crippen LogP contribution in [0.1, 0.15) is 18.9 Å². The first-order chi connectivity index (χ1) is 7.77. The number of halogens is 1. The summed E-state index contributed by atoms with van der Waals surface area (Å²) in [5.74, 6) is 2.59. The monoisotopic (exact) mass is 258 g/mol. The van der Waals surface area contributed by atoms with Crippen molar-refractivity contribution >= 4 is 23.4 Å². The fraction of sp³-hybridized carbons (Fsp3) is 0.538. The van der Waals surface area contributed by atoms with Gasteiger partial charge in [0.05, 0.1) is 0 Å². The molecule has 1 N–H and O–H groups in total. The molecule has 0 fully saturated rings. The highest BCUT2D eigenvalue weighted by molar-refractivity contribution is 7.99. The quantitative estimate of drug-likeness (QED) is 0.754. The van der Waals surface area contributed by atoms with Crippen LogP contribution in [0.4, 0.5) is 0 Å². The van der Waals surface area contributed by atoms with E-state index in [9.17, 15) is 5.11 Å². The van der Waals surface area contributed by atoms with Crippen molar-refractivity contribution in [1.82, 2.24) is 0 Å². The van der Waals surface area contributed by atoms with Crippen LogP contribution in [0.25, 0.3) is 0 Å². The second-order valence-corrected chi connectivity index (χ2v) is 5.63. The molecule has 16 heavy (non-hydrogen) atoms. The lowest BCUT2D eigenvalue weighted by Crippen LogP contribution is -2.11. The van der Waals surface area contributed by atoms with Gasteiger partial charge in [0.25, 0.3) is 0 Å². The third-order valence-electron chi connectivity index (χ3n) is 2.60. The molecule has 90 valence electrons. The Morgan fingerprint density at radius 2 is 2.12 bits per heavy atom. The van der Waals surface area contributed by atoms with Gasteiger partial charge in [0, 0.05) is 11.6 Å². The molecular weight excluding hydrogens is 240 g/mol. The van der Waals surface area contributed by atoms with Gasteiger partial charge in [-0.1, -0.05) is 36.7 Å². The van der Waals surface area contributed by atoms with Crippen molar-refractivity contribution in [1.29, 1.82) is 0 Å². The van der Waals surface area contributed by atoms with Crippen molar-refractivity contribution in [2.24, 2.45) is 5.92 Å². The van der Waals surface area contributed by atoms with E-state index in [1.807, 2.05) is 36.0 Å². The van der Waals surface area contributed by atoms with Crippen LogP contribution in [-0.2, 0) is 6.42 Å². The smallest absolute Gasteiger partial charge is 0.0462 e. The first-order valence-electron chi connectivity index (χ1n) is 5.70. The molecule has 0 amide bonds. The van der Waals surface area contributed by atoms with Gasteiger partial charge in [-0.2, -0.15) is 11.8 Å². The van der Waals surface area contributed by atoms with E-state index in [0.29, 0.717) is 5.92 Å². The number of hydrogen-bond donors (Lipinski definition) is 1. The molecule has 1 aromatic rings. The second kappa shape index (κ2) is 7.99. The van der Waals surface area contributed by atoms with Gasteiger partial charge >= 0.3 is 0 Å². The Morgan fingerprint density at radius 1 is 1.38 bits per heavy atom. The van der Waals surface area contributed by atoms with Gasteiger partial charge < -0.3 is 5.11 Å². The maximum Gasteiger partial charge on any atom is 0.0462 e. The topological polar surface area (TPSA) is 20.2 Å². The zero-order valence-corrected chi connectivity index (χ0v) is 11.2. The Labute approximate surface area is 107 Å². The van der Waals surface area contributed by atoms with Crippen LogP contribution in [0.15, 0.2) is 24.3 Å². The summed E-state index contributed by atoms with van der Waals surface area (Å²) < 4.78 is 0. The molecule has 3 heteroatoms. The molecule has 1 nitrogen and oxygen atoms in total.